The van der Waals surface area contributed by atoms with E-state index >= 15 is 0 Å². The minimum Gasteiger partial charge on any atom is -0.354 e. The van der Waals surface area contributed by atoms with Gasteiger partial charge >= 0.3 is 0 Å². The van der Waals surface area contributed by atoms with Gasteiger partial charge in [-0.25, -0.2) is 0 Å². The van der Waals surface area contributed by atoms with Crippen LogP contribution in [0.5, 0.6) is 0 Å². The van der Waals surface area contributed by atoms with Gasteiger partial charge in [0.1, 0.15) is 0 Å². The first-order valence-electron chi connectivity index (χ1n) is 4.35. The van der Waals surface area contributed by atoms with Crippen LogP contribution in [0.1, 0.15) is 47.5 Å². The van der Waals surface area contributed by atoms with Gasteiger partial charge in [0.2, 0.25) is 5.91 Å². The fourth-order valence-corrected chi connectivity index (χ4v) is 0.449. The van der Waals surface area contributed by atoms with E-state index in [9.17, 15) is 4.79 Å². The summed E-state index contributed by atoms with van der Waals surface area (Å²) in [4.78, 5) is 10.3. The van der Waals surface area contributed by atoms with Crippen molar-refractivity contribution in [3.63, 3.8) is 0 Å². The van der Waals surface area contributed by atoms with Crippen LogP contribution in [0, 0.1) is 0 Å². The molecule has 1 unspecified atom stereocenters. The van der Waals surface area contributed by atoms with E-state index in [1.54, 1.807) is 0 Å². The molecule has 0 spiro atoms. The molecule has 0 aliphatic rings. The molecule has 1 atom stereocenters. The van der Waals surface area contributed by atoms with Gasteiger partial charge in [-0.2, -0.15) is 0 Å². The lowest BCUT2D eigenvalue weighted by molar-refractivity contribution is -0.119. The van der Waals surface area contributed by atoms with Crippen molar-refractivity contribution in [1.29, 1.82) is 0 Å². The standard InChI is InChI=1S/C6H13NO.C3H8/c1-4-5(2)7-6(3)8;1-3-2/h5H,4H2,1-3H3,(H,7,8);3H2,1-2H3. The van der Waals surface area contributed by atoms with Crippen LogP contribution in [0.3, 0.4) is 0 Å². The second kappa shape index (κ2) is 9.47. The first-order valence-corrected chi connectivity index (χ1v) is 4.35. The molecule has 0 aromatic rings. The molecular weight excluding hydrogens is 138 g/mol. The largest absolute Gasteiger partial charge is 0.354 e. The number of amides is 1. The summed E-state index contributed by atoms with van der Waals surface area (Å²) >= 11 is 0. The monoisotopic (exact) mass is 159 g/mol. The van der Waals surface area contributed by atoms with E-state index in [1.807, 2.05) is 13.8 Å². The van der Waals surface area contributed by atoms with Crippen molar-refractivity contribution in [3.05, 3.63) is 0 Å². The molecule has 0 aromatic carbocycles. The summed E-state index contributed by atoms with van der Waals surface area (Å²) in [6, 6.07) is 0.326. The molecule has 0 fully saturated rings. The molecular formula is C9H21NO. The van der Waals surface area contributed by atoms with Crippen LogP contribution >= 0.6 is 0 Å². The summed E-state index contributed by atoms with van der Waals surface area (Å²) in [5.74, 6) is 0.0550. The Hall–Kier alpha value is -0.530. The second-order valence-electron chi connectivity index (χ2n) is 2.72. The average molecular weight is 159 g/mol. The number of rotatable bonds is 2. The highest BCUT2D eigenvalue weighted by molar-refractivity contribution is 5.73. The summed E-state index contributed by atoms with van der Waals surface area (Å²) in [6.45, 7) is 9.81. The average Bonchev–Trinajstić information content (AvgIpc) is 1.88. The van der Waals surface area contributed by atoms with Crippen molar-refractivity contribution >= 4 is 5.91 Å². The molecule has 0 saturated carbocycles. The van der Waals surface area contributed by atoms with Gasteiger partial charge in [-0.15, -0.1) is 0 Å². The third-order valence-corrected chi connectivity index (χ3v) is 1.06. The topological polar surface area (TPSA) is 29.1 Å². The van der Waals surface area contributed by atoms with Crippen LogP contribution in [0.25, 0.3) is 0 Å². The Morgan fingerprint density at radius 2 is 1.73 bits per heavy atom. The van der Waals surface area contributed by atoms with Crippen molar-refractivity contribution in [2.24, 2.45) is 0 Å². The van der Waals surface area contributed by atoms with Crippen molar-refractivity contribution in [2.75, 3.05) is 0 Å². The molecule has 0 saturated heterocycles. The Kier molecular flexibility index (Phi) is 11.3. The Morgan fingerprint density at radius 3 is 1.82 bits per heavy atom. The molecule has 11 heavy (non-hydrogen) atoms. The van der Waals surface area contributed by atoms with Crippen molar-refractivity contribution < 1.29 is 4.79 Å². The second-order valence-corrected chi connectivity index (χ2v) is 2.72. The molecule has 2 nitrogen and oxygen atoms in total. The van der Waals surface area contributed by atoms with Crippen LogP contribution in [-0.4, -0.2) is 11.9 Å². The summed E-state index contributed by atoms with van der Waals surface area (Å²) in [6.07, 6.45) is 2.25. The van der Waals surface area contributed by atoms with Crippen LogP contribution in [0.2, 0.25) is 0 Å². The number of hydrogen-bond donors (Lipinski definition) is 1. The zero-order valence-electron chi connectivity index (χ0n) is 8.40. The highest BCUT2D eigenvalue weighted by Crippen LogP contribution is 1.85. The normalized spacial score (nSPS) is 11.0. The van der Waals surface area contributed by atoms with Gasteiger partial charge in [-0.3, -0.25) is 4.79 Å². The predicted molar refractivity (Wildman–Crippen MR) is 49.5 cm³/mol. The summed E-state index contributed by atoms with van der Waals surface area (Å²) in [7, 11) is 0. The highest BCUT2D eigenvalue weighted by atomic mass is 16.1. The summed E-state index contributed by atoms with van der Waals surface area (Å²) in [5.41, 5.74) is 0. The quantitative estimate of drug-likeness (QED) is 0.658. The predicted octanol–water partition coefficient (Wildman–Crippen LogP) is 2.34. The zero-order valence-corrected chi connectivity index (χ0v) is 8.40. The number of carbonyl (C=O) groups excluding carboxylic acids is 1. The minimum atomic E-state index is 0.0550. The van der Waals surface area contributed by atoms with E-state index in [0.29, 0.717) is 6.04 Å². The first-order chi connectivity index (χ1) is 5.08. The van der Waals surface area contributed by atoms with Crippen LogP contribution in [0.15, 0.2) is 0 Å². The zero-order chi connectivity index (χ0) is 9.28. The van der Waals surface area contributed by atoms with Crippen LogP contribution in [-0.2, 0) is 4.79 Å². The molecule has 68 valence electrons. The summed E-state index contributed by atoms with van der Waals surface area (Å²) in [5, 5.41) is 2.75. The number of carbonyl (C=O) groups is 1. The van der Waals surface area contributed by atoms with Gasteiger partial charge in [-0.05, 0) is 13.3 Å². The third kappa shape index (κ3) is 17.7. The van der Waals surface area contributed by atoms with E-state index in [0.717, 1.165) is 6.42 Å². The highest BCUT2D eigenvalue weighted by Gasteiger charge is 1.96. The molecule has 2 heteroatoms. The van der Waals surface area contributed by atoms with Crippen LogP contribution in [0.4, 0.5) is 0 Å². The molecule has 0 aliphatic carbocycles. The van der Waals surface area contributed by atoms with Gasteiger partial charge in [0.25, 0.3) is 0 Å². The van der Waals surface area contributed by atoms with Crippen molar-refractivity contribution in [2.45, 2.75) is 53.5 Å². The van der Waals surface area contributed by atoms with E-state index in [4.69, 9.17) is 0 Å². The molecule has 0 aliphatic heterocycles. The Labute approximate surface area is 70.4 Å². The summed E-state index contributed by atoms with van der Waals surface area (Å²) < 4.78 is 0. The molecule has 0 aromatic heterocycles. The Bertz CT molecular complexity index is 91.6. The SMILES string of the molecule is CCC.CCC(C)NC(C)=O. The maximum absolute atomic E-state index is 10.3. The Balaban J connectivity index is 0. The molecule has 0 rings (SSSR count). The molecule has 0 bridgehead atoms. The van der Waals surface area contributed by atoms with Crippen molar-refractivity contribution in [3.8, 4) is 0 Å². The van der Waals surface area contributed by atoms with Gasteiger partial charge in [0.05, 0.1) is 0 Å². The molecule has 0 radical (unpaired) electrons. The fraction of sp³-hybridized carbons (Fsp3) is 0.889. The fourth-order valence-electron chi connectivity index (χ4n) is 0.449. The maximum Gasteiger partial charge on any atom is 0.217 e. The first kappa shape index (κ1) is 13.1. The number of nitrogens with one attached hydrogen (secondary N) is 1. The number of hydrogen-bond acceptors (Lipinski definition) is 1. The lowest BCUT2D eigenvalue weighted by Gasteiger charge is -2.07. The van der Waals surface area contributed by atoms with Gasteiger partial charge in [0, 0.05) is 13.0 Å². The smallest absolute Gasteiger partial charge is 0.217 e. The Morgan fingerprint density at radius 1 is 1.36 bits per heavy atom. The lowest BCUT2D eigenvalue weighted by atomic mass is 10.3. The van der Waals surface area contributed by atoms with Crippen molar-refractivity contribution in [1.82, 2.24) is 5.32 Å². The molecule has 1 amide bonds. The lowest BCUT2D eigenvalue weighted by Crippen LogP contribution is -2.29. The van der Waals surface area contributed by atoms with E-state index in [-0.39, 0.29) is 5.91 Å². The van der Waals surface area contributed by atoms with Gasteiger partial charge < -0.3 is 5.32 Å². The molecule has 0 heterocycles. The minimum absolute atomic E-state index is 0.0550. The van der Waals surface area contributed by atoms with E-state index < -0.39 is 0 Å². The van der Waals surface area contributed by atoms with E-state index in [2.05, 4.69) is 19.2 Å². The van der Waals surface area contributed by atoms with Gasteiger partial charge in [0.15, 0.2) is 0 Å². The molecule has 1 N–H and O–H groups in total. The van der Waals surface area contributed by atoms with E-state index in [1.165, 1.54) is 13.3 Å². The maximum atomic E-state index is 10.3. The van der Waals surface area contributed by atoms with Crippen LogP contribution < -0.4 is 5.32 Å². The third-order valence-electron chi connectivity index (χ3n) is 1.06. The van der Waals surface area contributed by atoms with Gasteiger partial charge in [-0.1, -0.05) is 27.2 Å².